The Hall–Kier alpha value is -2.38. The van der Waals surface area contributed by atoms with Gasteiger partial charge in [0, 0.05) is 11.3 Å². The Morgan fingerprint density at radius 3 is 2.78 bits per heavy atom. The molecule has 2 aromatic rings. The summed E-state index contributed by atoms with van der Waals surface area (Å²) in [4.78, 5) is 4.19. The maximum atomic E-state index is 9.21. The van der Waals surface area contributed by atoms with E-state index in [2.05, 4.69) is 4.98 Å². The number of ether oxygens (including phenoxy) is 1. The second-order valence-corrected chi connectivity index (χ2v) is 3.79. The van der Waals surface area contributed by atoms with Crippen LogP contribution >= 0.6 is 0 Å². The van der Waals surface area contributed by atoms with E-state index in [1.165, 1.54) is 0 Å². The molecule has 0 spiro atoms. The fourth-order valence-corrected chi connectivity index (χ4v) is 1.53. The van der Waals surface area contributed by atoms with Crippen LogP contribution in [0.2, 0.25) is 0 Å². The molecule has 4 nitrogen and oxygen atoms in total. The average molecular weight is 240 g/mol. The lowest BCUT2D eigenvalue weighted by molar-refractivity contribution is 0.276. The summed E-state index contributed by atoms with van der Waals surface area (Å²) in [6.07, 6.45) is 0. The summed E-state index contributed by atoms with van der Waals surface area (Å²) >= 11 is 0. The molecule has 0 amide bonds. The molecule has 0 fully saturated rings. The highest BCUT2D eigenvalue weighted by molar-refractivity contribution is 5.43. The molecular weight excluding hydrogens is 228 g/mol. The number of hydrogen-bond donors (Lipinski definition) is 1. The van der Waals surface area contributed by atoms with Gasteiger partial charge in [0.05, 0.1) is 6.61 Å². The molecule has 0 aliphatic carbocycles. The highest BCUT2D eigenvalue weighted by atomic mass is 16.5. The van der Waals surface area contributed by atoms with Crippen LogP contribution in [0.4, 0.5) is 0 Å². The van der Waals surface area contributed by atoms with Gasteiger partial charge in [-0.05, 0) is 25.1 Å². The van der Waals surface area contributed by atoms with E-state index in [1.54, 1.807) is 30.3 Å². The van der Waals surface area contributed by atoms with E-state index in [-0.39, 0.29) is 12.5 Å². The molecule has 0 atom stereocenters. The van der Waals surface area contributed by atoms with E-state index >= 15 is 0 Å². The van der Waals surface area contributed by atoms with Crippen LogP contribution in [0.3, 0.4) is 0 Å². The average Bonchev–Trinajstić information content (AvgIpc) is 2.40. The number of benzene rings is 1. The number of aromatic nitrogens is 1. The molecular formula is C14H12N2O2. The van der Waals surface area contributed by atoms with Gasteiger partial charge in [-0.1, -0.05) is 18.2 Å². The Morgan fingerprint density at radius 1 is 1.28 bits per heavy atom. The molecule has 18 heavy (non-hydrogen) atoms. The van der Waals surface area contributed by atoms with Crippen LogP contribution in [-0.2, 0) is 6.61 Å². The van der Waals surface area contributed by atoms with E-state index < -0.39 is 0 Å². The number of nitrogens with zero attached hydrogens (tertiary/aromatic N) is 2. The Morgan fingerprint density at radius 2 is 2.06 bits per heavy atom. The number of nitriles is 1. The van der Waals surface area contributed by atoms with Gasteiger partial charge in [0.15, 0.2) is 0 Å². The monoisotopic (exact) mass is 240 g/mol. The van der Waals surface area contributed by atoms with Crippen LogP contribution in [0.15, 0.2) is 36.4 Å². The van der Waals surface area contributed by atoms with Crippen LogP contribution in [0.5, 0.6) is 11.6 Å². The van der Waals surface area contributed by atoms with Crippen molar-refractivity contribution in [2.75, 3.05) is 0 Å². The number of pyridine rings is 1. The third-order valence-corrected chi connectivity index (χ3v) is 2.47. The topological polar surface area (TPSA) is 66.1 Å². The minimum absolute atomic E-state index is 0.121. The molecule has 0 saturated carbocycles. The molecule has 0 radical (unpaired) electrons. The number of aliphatic hydroxyl groups excluding tert-OH is 1. The van der Waals surface area contributed by atoms with Crippen molar-refractivity contribution in [1.29, 1.82) is 5.26 Å². The van der Waals surface area contributed by atoms with Crippen LogP contribution in [0, 0.1) is 18.3 Å². The lowest BCUT2D eigenvalue weighted by Gasteiger charge is -2.10. The van der Waals surface area contributed by atoms with Crippen LogP contribution in [0.1, 0.15) is 16.8 Å². The fourth-order valence-electron chi connectivity index (χ4n) is 1.53. The Bertz CT molecular complexity index is 603. The van der Waals surface area contributed by atoms with Gasteiger partial charge in [-0.3, -0.25) is 0 Å². The zero-order valence-corrected chi connectivity index (χ0v) is 9.92. The zero-order chi connectivity index (χ0) is 13.0. The fraction of sp³-hybridized carbons (Fsp3) is 0.143. The predicted octanol–water partition coefficient (Wildman–Crippen LogP) is 2.55. The van der Waals surface area contributed by atoms with Gasteiger partial charge in [0.2, 0.25) is 5.88 Å². The summed E-state index contributed by atoms with van der Waals surface area (Å²) in [7, 11) is 0. The SMILES string of the molecule is Cc1ccc(C#N)c(Oc2ccccc2CO)n1. The van der Waals surface area contributed by atoms with E-state index in [0.29, 0.717) is 16.9 Å². The van der Waals surface area contributed by atoms with Crippen molar-refractivity contribution in [3.63, 3.8) is 0 Å². The largest absolute Gasteiger partial charge is 0.437 e. The molecule has 0 unspecified atom stereocenters. The molecule has 0 aliphatic heterocycles. The summed E-state index contributed by atoms with van der Waals surface area (Å²) in [6.45, 7) is 1.70. The van der Waals surface area contributed by atoms with Crippen molar-refractivity contribution < 1.29 is 9.84 Å². The number of aryl methyl sites for hydroxylation is 1. The van der Waals surface area contributed by atoms with Gasteiger partial charge in [-0.15, -0.1) is 0 Å². The van der Waals surface area contributed by atoms with Crippen molar-refractivity contribution in [3.8, 4) is 17.7 Å². The minimum atomic E-state index is -0.121. The van der Waals surface area contributed by atoms with Crippen molar-refractivity contribution in [3.05, 3.63) is 53.2 Å². The van der Waals surface area contributed by atoms with Crippen LogP contribution in [-0.4, -0.2) is 10.1 Å². The third kappa shape index (κ3) is 2.47. The molecule has 0 bridgehead atoms. The highest BCUT2D eigenvalue weighted by Gasteiger charge is 2.09. The van der Waals surface area contributed by atoms with Gasteiger partial charge >= 0.3 is 0 Å². The summed E-state index contributed by atoms with van der Waals surface area (Å²) in [6, 6.07) is 12.6. The first-order chi connectivity index (χ1) is 8.74. The lowest BCUT2D eigenvalue weighted by atomic mass is 10.2. The van der Waals surface area contributed by atoms with Gasteiger partial charge in [0.1, 0.15) is 17.4 Å². The second kappa shape index (κ2) is 5.30. The standard InChI is InChI=1S/C14H12N2O2/c1-10-6-7-11(8-15)14(16-10)18-13-5-3-2-4-12(13)9-17/h2-7,17H,9H2,1H3. The van der Waals surface area contributed by atoms with Crippen molar-refractivity contribution in [2.45, 2.75) is 13.5 Å². The molecule has 1 heterocycles. The zero-order valence-electron chi connectivity index (χ0n) is 9.92. The van der Waals surface area contributed by atoms with E-state index in [9.17, 15) is 5.11 Å². The summed E-state index contributed by atoms with van der Waals surface area (Å²) in [5.41, 5.74) is 1.79. The number of rotatable bonds is 3. The normalized spacial score (nSPS) is 9.83. The Labute approximate surface area is 105 Å². The summed E-state index contributed by atoms with van der Waals surface area (Å²) in [5.74, 6) is 0.771. The molecule has 0 aliphatic rings. The van der Waals surface area contributed by atoms with Crippen molar-refractivity contribution in [2.24, 2.45) is 0 Å². The molecule has 2 rings (SSSR count). The molecule has 90 valence electrons. The smallest absolute Gasteiger partial charge is 0.237 e. The lowest BCUT2D eigenvalue weighted by Crippen LogP contribution is -1.96. The number of para-hydroxylation sites is 1. The predicted molar refractivity (Wildman–Crippen MR) is 66.1 cm³/mol. The van der Waals surface area contributed by atoms with Gasteiger partial charge in [-0.25, -0.2) is 4.98 Å². The molecule has 1 aromatic carbocycles. The minimum Gasteiger partial charge on any atom is -0.437 e. The first-order valence-corrected chi connectivity index (χ1v) is 5.49. The van der Waals surface area contributed by atoms with Gasteiger partial charge < -0.3 is 9.84 Å². The van der Waals surface area contributed by atoms with Gasteiger partial charge in [-0.2, -0.15) is 5.26 Å². The first kappa shape index (κ1) is 12.1. The quantitative estimate of drug-likeness (QED) is 0.895. The van der Waals surface area contributed by atoms with Crippen molar-refractivity contribution >= 4 is 0 Å². The molecule has 1 aromatic heterocycles. The van der Waals surface area contributed by atoms with E-state index in [1.807, 2.05) is 19.1 Å². The molecule has 0 saturated heterocycles. The van der Waals surface area contributed by atoms with E-state index in [0.717, 1.165) is 5.69 Å². The Balaban J connectivity index is 2.40. The number of hydrogen-bond acceptors (Lipinski definition) is 4. The van der Waals surface area contributed by atoms with Gasteiger partial charge in [0.25, 0.3) is 0 Å². The molecule has 4 heteroatoms. The van der Waals surface area contributed by atoms with Crippen LogP contribution in [0.25, 0.3) is 0 Å². The van der Waals surface area contributed by atoms with Crippen molar-refractivity contribution in [1.82, 2.24) is 4.98 Å². The highest BCUT2D eigenvalue weighted by Crippen LogP contribution is 2.26. The third-order valence-electron chi connectivity index (χ3n) is 2.47. The summed E-state index contributed by atoms with van der Waals surface area (Å²) in [5, 5.41) is 18.2. The maximum absolute atomic E-state index is 9.21. The summed E-state index contributed by atoms with van der Waals surface area (Å²) < 4.78 is 5.61. The van der Waals surface area contributed by atoms with Crippen LogP contribution < -0.4 is 4.74 Å². The first-order valence-electron chi connectivity index (χ1n) is 5.49. The maximum Gasteiger partial charge on any atom is 0.237 e. The number of aliphatic hydroxyl groups is 1. The Kier molecular flexibility index (Phi) is 3.56. The van der Waals surface area contributed by atoms with E-state index in [4.69, 9.17) is 10.00 Å². The second-order valence-electron chi connectivity index (χ2n) is 3.79. The molecule has 1 N–H and O–H groups in total.